The molecule has 1 aromatic heterocycles. The number of rotatable bonds is 5. The van der Waals surface area contributed by atoms with Crippen LogP contribution in [0.25, 0.3) is 28.1 Å². The van der Waals surface area contributed by atoms with Gasteiger partial charge >= 0.3 is 0 Å². The number of aryl methyl sites for hydroxylation is 1. The van der Waals surface area contributed by atoms with Gasteiger partial charge in [0, 0.05) is 16.7 Å². The van der Waals surface area contributed by atoms with E-state index in [0.717, 1.165) is 22.4 Å². The van der Waals surface area contributed by atoms with Crippen LogP contribution in [0, 0.1) is 6.92 Å². The largest absolute Gasteiger partial charge is 0.366 e. The van der Waals surface area contributed by atoms with Crippen LogP contribution < -0.4 is 5.73 Å². The van der Waals surface area contributed by atoms with Crippen LogP contribution in [0.2, 0.25) is 0 Å². The molecule has 4 aromatic rings. The highest BCUT2D eigenvalue weighted by molar-refractivity contribution is 5.97. The lowest BCUT2D eigenvalue weighted by Crippen LogP contribution is -2.10. The number of carbonyl (C=O) groups is 2. The van der Waals surface area contributed by atoms with E-state index < -0.39 is 5.91 Å². The number of primary amides is 1. The van der Waals surface area contributed by atoms with E-state index in [1.807, 2.05) is 67.7 Å². The van der Waals surface area contributed by atoms with Crippen molar-refractivity contribution in [3.63, 3.8) is 0 Å². The van der Waals surface area contributed by atoms with E-state index in [1.54, 1.807) is 16.8 Å². The van der Waals surface area contributed by atoms with Crippen molar-refractivity contribution >= 4 is 11.7 Å². The van der Waals surface area contributed by atoms with Crippen molar-refractivity contribution < 1.29 is 9.59 Å². The summed E-state index contributed by atoms with van der Waals surface area (Å²) in [5.74, 6) is -0.523. The first kappa shape index (κ1) is 19.3. The zero-order valence-electron chi connectivity index (χ0n) is 16.7. The van der Waals surface area contributed by atoms with Gasteiger partial charge in [-0.05, 0) is 67.4 Å². The number of hydrogen-bond acceptors (Lipinski definition) is 4. The molecule has 6 nitrogen and oxygen atoms in total. The normalized spacial score (nSPS) is 10.7. The summed E-state index contributed by atoms with van der Waals surface area (Å²) in [4.78, 5) is 23.4. The molecule has 0 bridgehead atoms. The van der Waals surface area contributed by atoms with Crippen LogP contribution in [0.4, 0.5) is 0 Å². The molecule has 6 heteroatoms. The summed E-state index contributed by atoms with van der Waals surface area (Å²) in [6.45, 7) is 3.56. The second kappa shape index (κ2) is 7.75. The van der Waals surface area contributed by atoms with Crippen LogP contribution in [0.5, 0.6) is 0 Å². The van der Waals surface area contributed by atoms with Gasteiger partial charge in [-0.15, -0.1) is 5.10 Å². The number of hydrogen-bond donors (Lipinski definition) is 1. The van der Waals surface area contributed by atoms with Crippen LogP contribution in [0.3, 0.4) is 0 Å². The molecule has 148 valence electrons. The molecular formula is C24H20N4O2. The number of carbonyl (C=O) groups excluding carboxylic acids is 2. The Bertz CT molecular complexity index is 1240. The quantitative estimate of drug-likeness (QED) is 0.512. The minimum absolute atomic E-state index is 0.0437. The van der Waals surface area contributed by atoms with E-state index in [1.165, 1.54) is 12.5 Å². The molecule has 1 amide bonds. The van der Waals surface area contributed by atoms with Gasteiger partial charge in [0.25, 0.3) is 0 Å². The van der Waals surface area contributed by atoms with Gasteiger partial charge in [0.05, 0.1) is 11.9 Å². The minimum Gasteiger partial charge on any atom is -0.366 e. The van der Waals surface area contributed by atoms with Gasteiger partial charge < -0.3 is 5.73 Å². The minimum atomic E-state index is -0.479. The first-order valence-electron chi connectivity index (χ1n) is 9.47. The Balaban J connectivity index is 1.76. The number of ketones is 1. The van der Waals surface area contributed by atoms with Crippen LogP contribution in [0.1, 0.15) is 33.2 Å². The maximum absolute atomic E-state index is 12.1. The average molecular weight is 396 g/mol. The molecule has 30 heavy (non-hydrogen) atoms. The lowest BCUT2D eigenvalue weighted by atomic mass is 9.96. The van der Waals surface area contributed by atoms with Crippen molar-refractivity contribution in [3.8, 4) is 28.1 Å². The van der Waals surface area contributed by atoms with Crippen molar-refractivity contribution in [1.29, 1.82) is 0 Å². The number of aromatic nitrogens is 3. The summed E-state index contributed by atoms with van der Waals surface area (Å²) >= 11 is 0. The van der Waals surface area contributed by atoms with Crippen molar-refractivity contribution in [1.82, 2.24) is 15.0 Å². The van der Waals surface area contributed by atoms with Crippen LogP contribution in [-0.2, 0) is 0 Å². The van der Waals surface area contributed by atoms with Gasteiger partial charge in [-0.3, -0.25) is 9.59 Å². The zero-order valence-corrected chi connectivity index (χ0v) is 16.7. The van der Waals surface area contributed by atoms with Gasteiger partial charge in [0.15, 0.2) is 5.78 Å². The number of nitrogens with zero attached hydrogens (tertiary/aromatic N) is 3. The van der Waals surface area contributed by atoms with Crippen molar-refractivity contribution in [2.24, 2.45) is 5.73 Å². The van der Waals surface area contributed by atoms with E-state index in [2.05, 4.69) is 10.3 Å². The first-order chi connectivity index (χ1) is 14.4. The monoisotopic (exact) mass is 396 g/mol. The highest BCUT2D eigenvalue weighted by atomic mass is 16.1. The molecule has 4 rings (SSSR count). The fourth-order valence-electron chi connectivity index (χ4n) is 3.19. The van der Waals surface area contributed by atoms with Crippen LogP contribution in [0.15, 0.2) is 72.9 Å². The fourth-order valence-corrected chi connectivity index (χ4v) is 3.19. The average Bonchev–Trinajstić information content (AvgIpc) is 3.24. The third kappa shape index (κ3) is 3.89. The van der Waals surface area contributed by atoms with Gasteiger partial charge in [0.1, 0.15) is 5.69 Å². The van der Waals surface area contributed by atoms with Gasteiger partial charge in [-0.2, -0.15) is 0 Å². The van der Waals surface area contributed by atoms with Crippen molar-refractivity contribution in [2.75, 3.05) is 0 Å². The molecule has 0 aliphatic carbocycles. The second-order valence-electron chi connectivity index (χ2n) is 7.18. The third-order valence-electron chi connectivity index (χ3n) is 4.93. The topological polar surface area (TPSA) is 90.9 Å². The summed E-state index contributed by atoms with van der Waals surface area (Å²) < 4.78 is 1.70. The Morgan fingerprint density at radius 1 is 0.833 bits per heavy atom. The molecule has 3 aromatic carbocycles. The highest BCUT2D eigenvalue weighted by Gasteiger charge is 2.12. The Morgan fingerprint density at radius 3 is 2.13 bits per heavy atom. The lowest BCUT2D eigenvalue weighted by molar-refractivity contribution is 0.0996. The predicted octanol–water partition coefficient (Wildman–Crippen LogP) is 4.21. The number of amides is 1. The number of Topliss-reactive ketones (excluding diaryl/α,β-unsaturated/α-hetero) is 1. The molecule has 0 unspecified atom stereocenters. The van der Waals surface area contributed by atoms with Crippen LogP contribution >= 0.6 is 0 Å². The summed E-state index contributed by atoms with van der Waals surface area (Å²) in [5.41, 5.74) is 11.6. The molecule has 0 aliphatic rings. The summed E-state index contributed by atoms with van der Waals surface area (Å²) in [6, 6.07) is 20.5. The van der Waals surface area contributed by atoms with Gasteiger partial charge in [-0.25, -0.2) is 4.68 Å². The molecule has 0 aliphatic heterocycles. The standard InChI is InChI=1S/C24H20N4O2/c1-15-3-9-22(10-4-15)28-14-23(26-27-28)21-12-19(16(2)29)11-20(13-21)17-5-7-18(8-6-17)24(25)30/h3-14H,1-2H3,(H2,25,30). The van der Waals surface area contributed by atoms with Crippen molar-refractivity contribution in [2.45, 2.75) is 13.8 Å². The lowest BCUT2D eigenvalue weighted by Gasteiger charge is -2.08. The molecule has 1 heterocycles. The third-order valence-corrected chi connectivity index (χ3v) is 4.93. The molecule has 0 saturated carbocycles. The van der Waals surface area contributed by atoms with E-state index in [0.29, 0.717) is 16.8 Å². The summed E-state index contributed by atoms with van der Waals surface area (Å²) in [5, 5.41) is 8.53. The molecule has 0 spiro atoms. The maximum Gasteiger partial charge on any atom is 0.248 e. The summed E-state index contributed by atoms with van der Waals surface area (Å²) in [7, 11) is 0. The molecule has 0 radical (unpaired) electrons. The SMILES string of the molecule is CC(=O)c1cc(-c2ccc(C(N)=O)cc2)cc(-c2cn(-c3ccc(C)cc3)nn2)c1. The fraction of sp³-hybridized carbons (Fsp3) is 0.0833. The predicted molar refractivity (Wildman–Crippen MR) is 115 cm³/mol. The van der Waals surface area contributed by atoms with Gasteiger partial charge in [0.2, 0.25) is 5.91 Å². The number of nitrogens with two attached hydrogens (primary N) is 1. The van der Waals surface area contributed by atoms with E-state index in [9.17, 15) is 9.59 Å². The van der Waals surface area contributed by atoms with E-state index in [-0.39, 0.29) is 5.78 Å². The second-order valence-corrected chi connectivity index (χ2v) is 7.18. The van der Waals surface area contributed by atoms with Crippen molar-refractivity contribution in [3.05, 3.63) is 89.6 Å². The highest BCUT2D eigenvalue weighted by Crippen LogP contribution is 2.28. The number of benzene rings is 3. The molecule has 0 saturated heterocycles. The van der Waals surface area contributed by atoms with Crippen LogP contribution in [-0.4, -0.2) is 26.7 Å². The Labute approximate surface area is 174 Å². The molecule has 2 N–H and O–H groups in total. The summed E-state index contributed by atoms with van der Waals surface area (Å²) in [6.07, 6.45) is 1.84. The molecular weight excluding hydrogens is 376 g/mol. The Hall–Kier alpha value is -4.06. The first-order valence-corrected chi connectivity index (χ1v) is 9.47. The zero-order chi connectivity index (χ0) is 21.3. The van der Waals surface area contributed by atoms with E-state index in [4.69, 9.17) is 5.73 Å². The Kier molecular flexibility index (Phi) is 4.98. The molecule has 0 atom stereocenters. The Morgan fingerprint density at radius 2 is 1.50 bits per heavy atom. The van der Waals surface area contributed by atoms with E-state index >= 15 is 0 Å². The smallest absolute Gasteiger partial charge is 0.248 e. The van der Waals surface area contributed by atoms with Gasteiger partial charge in [-0.1, -0.05) is 35.0 Å². The molecule has 0 fully saturated rings. The maximum atomic E-state index is 12.1.